The van der Waals surface area contributed by atoms with E-state index in [9.17, 15) is 19.2 Å². The summed E-state index contributed by atoms with van der Waals surface area (Å²) in [6, 6.07) is 11.2. The number of halogens is 1. The van der Waals surface area contributed by atoms with Gasteiger partial charge in [-0.1, -0.05) is 23.7 Å². The first kappa shape index (κ1) is 20.1. The number of fused-ring (bicyclic) bond motifs is 1. The van der Waals surface area contributed by atoms with Crippen LogP contribution in [0.15, 0.2) is 42.5 Å². The molecule has 1 fully saturated rings. The third-order valence-corrected chi connectivity index (χ3v) is 5.72. The van der Waals surface area contributed by atoms with Gasteiger partial charge in [-0.25, -0.2) is 0 Å². The summed E-state index contributed by atoms with van der Waals surface area (Å²) in [4.78, 5) is 50.4. The van der Waals surface area contributed by atoms with E-state index in [1.54, 1.807) is 30.3 Å². The summed E-state index contributed by atoms with van der Waals surface area (Å²) in [5.74, 6) is -1.31. The second-order valence-corrected chi connectivity index (χ2v) is 7.96. The summed E-state index contributed by atoms with van der Waals surface area (Å²) in [6.45, 7) is 2.09. The number of rotatable bonds is 4. The Balaban J connectivity index is 1.49. The highest BCUT2D eigenvalue weighted by atomic mass is 35.5. The number of hydrogen-bond donors (Lipinski definition) is 2. The Hall–Kier alpha value is -3.19. The zero-order valence-corrected chi connectivity index (χ0v) is 17.0. The first-order chi connectivity index (χ1) is 14.3. The van der Waals surface area contributed by atoms with Gasteiger partial charge in [-0.2, -0.15) is 0 Å². The molecule has 2 atom stereocenters. The van der Waals surface area contributed by atoms with Gasteiger partial charge in [0.05, 0.1) is 6.04 Å². The van der Waals surface area contributed by atoms with Crippen molar-refractivity contribution >= 4 is 35.2 Å². The lowest BCUT2D eigenvalue weighted by molar-refractivity contribution is -0.136. The van der Waals surface area contributed by atoms with Crippen LogP contribution in [0.25, 0.3) is 0 Å². The van der Waals surface area contributed by atoms with E-state index in [1.165, 1.54) is 4.90 Å². The number of imide groups is 1. The van der Waals surface area contributed by atoms with Crippen molar-refractivity contribution in [2.24, 2.45) is 0 Å². The van der Waals surface area contributed by atoms with Crippen molar-refractivity contribution in [1.29, 1.82) is 0 Å². The summed E-state index contributed by atoms with van der Waals surface area (Å²) in [5.41, 5.74) is 2.48. The lowest BCUT2D eigenvalue weighted by Crippen LogP contribution is -2.52. The SMILES string of the molecule is CC(NC(=O)c1ccc2c(c1)CN(C1CCC(=O)NC1=O)C2=O)c1cccc(Cl)c1. The number of carbonyl (C=O) groups excluding carboxylic acids is 4. The second kappa shape index (κ2) is 7.91. The minimum absolute atomic E-state index is 0.200. The predicted octanol–water partition coefficient (Wildman–Crippen LogP) is 2.59. The van der Waals surface area contributed by atoms with Gasteiger partial charge < -0.3 is 10.2 Å². The average molecular weight is 426 g/mol. The van der Waals surface area contributed by atoms with Crippen LogP contribution in [-0.4, -0.2) is 34.6 Å². The van der Waals surface area contributed by atoms with Crippen molar-refractivity contribution in [3.05, 3.63) is 69.7 Å². The van der Waals surface area contributed by atoms with Gasteiger partial charge in [0.2, 0.25) is 11.8 Å². The molecule has 2 N–H and O–H groups in total. The van der Waals surface area contributed by atoms with Crippen LogP contribution in [0, 0.1) is 0 Å². The van der Waals surface area contributed by atoms with Crippen molar-refractivity contribution in [3.8, 4) is 0 Å². The van der Waals surface area contributed by atoms with E-state index in [-0.39, 0.29) is 36.7 Å². The van der Waals surface area contributed by atoms with E-state index in [1.807, 2.05) is 19.1 Å². The van der Waals surface area contributed by atoms with Crippen LogP contribution < -0.4 is 10.6 Å². The molecule has 0 saturated carbocycles. The largest absolute Gasteiger partial charge is 0.346 e. The second-order valence-electron chi connectivity index (χ2n) is 7.52. The van der Waals surface area contributed by atoms with E-state index in [4.69, 9.17) is 11.6 Å². The van der Waals surface area contributed by atoms with Crippen molar-refractivity contribution in [3.63, 3.8) is 0 Å². The Morgan fingerprint density at radius 3 is 2.73 bits per heavy atom. The predicted molar refractivity (Wildman–Crippen MR) is 110 cm³/mol. The van der Waals surface area contributed by atoms with Gasteiger partial charge in [-0.3, -0.25) is 24.5 Å². The molecule has 7 nitrogen and oxygen atoms in total. The maximum Gasteiger partial charge on any atom is 0.255 e. The molecule has 2 aliphatic rings. The Kier molecular flexibility index (Phi) is 5.30. The maximum atomic E-state index is 12.7. The molecule has 8 heteroatoms. The number of piperidine rings is 1. The molecule has 2 aromatic rings. The highest BCUT2D eigenvalue weighted by Gasteiger charge is 2.39. The summed E-state index contributed by atoms with van der Waals surface area (Å²) in [7, 11) is 0. The zero-order valence-electron chi connectivity index (χ0n) is 16.3. The fourth-order valence-electron chi connectivity index (χ4n) is 3.85. The van der Waals surface area contributed by atoms with Gasteiger partial charge in [0, 0.05) is 29.1 Å². The fourth-order valence-corrected chi connectivity index (χ4v) is 4.05. The molecule has 154 valence electrons. The molecule has 1 saturated heterocycles. The van der Waals surface area contributed by atoms with Crippen molar-refractivity contribution < 1.29 is 19.2 Å². The molecular formula is C22H20ClN3O4. The molecule has 2 unspecified atom stereocenters. The van der Waals surface area contributed by atoms with Gasteiger partial charge in [-0.15, -0.1) is 0 Å². The van der Waals surface area contributed by atoms with E-state index in [2.05, 4.69) is 10.6 Å². The Morgan fingerprint density at radius 2 is 2.00 bits per heavy atom. The van der Waals surface area contributed by atoms with Crippen LogP contribution in [-0.2, 0) is 16.1 Å². The van der Waals surface area contributed by atoms with Crippen molar-refractivity contribution in [2.75, 3.05) is 0 Å². The van der Waals surface area contributed by atoms with E-state index in [0.29, 0.717) is 28.1 Å². The number of amides is 4. The third-order valence-electron chi connectivity index (χ3n) is 5.48. The van der Waals surface area contributed by atoms with Crippen LogP contribution >= 0.6 is 11.6 Å². The third kappa shape index (κ3) is 3.80. The number of nitrogens with zero attached hydrogens (tertiary/aromatic N) is 1. The number of carbonyl (C=O) groups is 4. The number of nitrogens with one attached hydrogen (secondary N) is 2. The molecule has 0 spiro atoms. The number of hydrogen-bond acceptors (Lipinski definition) is 4. The van der Waals surface area contributed by atoms with E-state index < -0.39 is 11.9 Å². The summed E-state index contributed by atoms with van der Waals surface area (Å²) in [5, 5.41) is 5.81. The molecule has 2 heterocycles. The molecule has 4 rings (SSSR count). The number of benzene rings is 2. The molecule has 4 amide bonds. The summed E-state index contributed by atoms with van der Waals surface area (Å²) in [6.07, 6.45) is 0.500. The lowest BCUT2D eigenvalue weighted by Gasteiger charge is -2.29. The first-order valence-corrected chi connectivity index (χ1v) is 10.0. The van der Waals surface area contributed by atoms with Gasteiger partial charge >= 0.3 is 0 Å². The van der Waals surface area contributed by atoms with Crippen LogP contribution in [0.4, 0.5) is 0 Å². The monoisotopic (exact) mass is 425 g/mol. The van der Waals surface area contributed by atoms with Gasteiger partial charge in [0.1, 0.15) is 6.04 Å². The molecule has 2 aromatic carbocycles. The Morgan fingerprint density at radius 1 is 1.20 bits per heavy atom. The molecule has 0 bridgehead atoms. The fraction of sp³-hybridized carbons (Fsp3) is 0.273. The smallest absolute Gasteiger partial charge is 0.255 e. The zero-order chi connectivity index (χ0) is 21.4. The Labute approximate surface area is 178 Å². The molecule has 2 aliphatic heterocycles. The summed E-state index contributed by atoms with van der Waals surface area (Å²) < 4.78 is 0. The normalized spacial score (nSPS) is 19.3. The van der Waals surface area contributed by atoms with Crippen LogP contribution in [0.5, 0.6) is 0 Å². The molecule has 0 aliphatic carbocycles. The first-order valence-electron chi connectivity index (χ1n) is 9.67. The van der Waals surface area contributed by atoms with Crippen molar-refractivity contribution in [2.45, 2.75) is 38.4 Å². The standard InChI is InChI=1S/C22H20ClN3O4/c1-12(13-3-2-4-16(23)10-13)24-20(28)14-5-6-17-15(9-14)11-26(22(17)30)18-7-8-19(27)25-21(18)29/h2-6,9-10,12,18H,7-8,11H2,1H3,(H,24,28)(H,25,27,29). The topological polar surface area (TPSA) is 95.6 Å². The van der Waals surface area contributed by atoms with Gasteiger partial charge in [0.15, 0.2) is 0 Å². The Bertz CT molecular complexity index is 1070. The minimum Gasteiger partial charge on any atom is -0.346 e. The van der Waals surface area contributed by atoms with Crippen molar-refractivity contribution in [1.82, 2.24) is 15.5 Å². The van der Waals surface area contributed by atoms with Crippen LogP contribution in [0.1, 0.15) is 57.7 Å². The molecule has 0 aromatic heterocycles. The van der Waals surface area contributed by atoms with E-state index >= 15 is 0 Å². The maximum absolute atomic E-state index is 12.7. The highest BCUT2D eigenvalue weighted by Crippen LogP contribution is 2.28. The quantitative estimate of drug-likeness (QED) is 0.736. The highest BCUT2D eigenvalue weighted by molar-refractivity contribution is 6.30. The molecule has 0 radical (unpaired) electrons. The minimum atomic E-state index is -0.678. The van der Waals surface area contributed by atoms with E-state index in [0.717, 1.165) is 5.56 Å². The molecule has 30 heavy (non-hydrogen) atoms. The van der Waals surface area contributed by atoms with Crippen LogP contribution in [0.3, 0.4) is 0 Å². The van der Waals surface area contributed by atoms with Gasteiger partial charge in [0.25, 0.3) is 11.8 Å². The summed E-state index contributed by atoms with van der Waals surface area (Å²) >= 11 is 6.02. The molecular weight excluding hydrogens is 406 g/mol. The lowest BCUT2D eigenvalue weighted by atomic mass is 10.0. The van der Waals surface area contributed by atoms with Crippen LogP contribution in [0.2, 0.25) is 5.02 Å². The van der Waals surface area contributed by atoms with Gasteiger partial charge in [-0.05, 0) is 54.8 Å². The average Bonchev–Trinajstić information content (AvgIpc) is 3.03.